The van der Waals surface area contributed by atoms with E-state index in [0.717, 1.165) is 35.5 Å². The SMILES string of the molecule is CC1(C)O[C@@H]2[C@H](O1)[C@@H](COP(=O)(Sc1ccccc1)Sc1ccccc1)O[C@H]2n1cnc2c(=N)n(CCCCCCO)cnc21. The van der Waals surface area contributed by atoms with Crippen LogP contribution in [0.2, 0.25) is 0 Å². The van der Waals surface area contributed by atoms with Crippen molar-refractivity contribution in [2.75, 3.05) is 13.2 Å². The Bertz CT molecular complexity index is 1640. The highest BCUT2D eigenvalue weighted by molar-refractivity contribution is 8.89. The van der Waals surface area contributed by atoms with Gasteiger partial charge in [-0.2, -0.15) is 0 Å². The van der Waals surface area contributed by atoms with E-state index in [1.807, 2.05) is 74.5 Å². The van der Waals surface area contributed by atoms with E-state index in [2.05, 4.69) is 9.97 Å². The Labute approximate surface area is 270 Å². The van der Waals surface area contributed by atoms with Crippen LogP contribution in [0.25, 0.3) is 11.2 Å². The van der Waals surface area contributed by atoms with Crippen LogP contribution in [0.5, 0.6) is 0 Å². The van der Waals surface area contributed by atoms with Gasteiger partial charge in [0, 0.05) is 22.9 Å². The van der Waals surface area contributed by atoms with E-state index in [1.54, 1.807) is 21.8 Å². The number of nitrogens with zero attached hydrogens (tertiary/aromatic N) is 4. The van der Waals surface area contributed by atoms with Crippen LogP contribution in [0.1, 0.15) is 45.8 Å². The molecule has 11 nitrogen and oxygen atoms in total. The molecule has 2 fully saturated rings. The van der Waals surface area contributed by atoms with Crippen molar-refractivity contribution in [2.24, 2.45) is 0 Å². The van der Waals surface area contributed by atoms with Gasteiger partial charge in [0.05, 0.1) is 19.3 Å². The van der Waals surface area contributed by atoms with E-state index < -0.39 is 36.1 Å². The predicted molar refractivity (Wildman–Crippen MR) is 173 cm³/mol. The van der Waals surface area contributed by atoms with Gasteiger partial charge in [0.15, 0.2) is 23.1 Å². The molecule has 0 unspecified atom stereocenters. The summed E-state index contributed by atoms with van der Waals surface area (Å²) in [6.07, 6.45) is 4.68. The van der Waals surface area contributed by atoms with Gasteiger partial charge in [0.1, 0.15) is 23.8 Å². The highest BCUT2D eigenvalue weighted by Gasteiger charge is 2.56. The first-order chi connectivity index (χ1) is 21.8. The second-order valence-corrected chi connectivity index (χ2v) is 18.6. The van der Waals surface area contributed by atoms with Crippen LogP contribution in [0.4, 0.5) is 0 Å². The van der Waals surface area contributed by atoms with E-state index in [0.29, 0.717) is 17.7 Å². The lowest BCUT2D eigenvalue weighted by atomic mass is 10.1. The minimum absolute atomic E-state index is 0.0219. The summed E-state index contributed by atoms with van der Waals surface area (Å²) in [6.45, 7) is 4.59. The minimum atomic E-state index is -3.35. The second-order valence-electron chi connectivity index (χ2n) is 11.4. The quantitative estimate of drug-likeness (QED) is 0.115. The molecule has 0 spiro atoms. The van der Waals surface area contributed by atoms with Crippen molar-refractivity contribution in [1.29, 1.82) is 5.41 Å². The lowest BCUT2D eigenvalue weighted by Gasteiger charge is -2.25. The third-order valence-corrected chi connectivity index (χ3v) is 14.1. The Morgan fingerprint density at radius 2 is 1.58 bits per heavy atom. The van der Waals surface area contributed by atoms with Gasteiger partial charge in [-0.05, 0) is 73.7 Å². The van der Waals surface area contributed by atoms with Crippen LogP contribution in [0.3, 0.4) is 0 Å². The minimum Gasteiger partial charge on any atom is -0.396 e. The van der Waals surface area contributed by atoms with Crippen molar-refractivity contribution in [3.63, 3.8) is 0 Å². The highest BCUT2D eigenvalue weighted by Crippen LogP contribution is 2.74. The standard InChI is InChI=1S/C31H38N5O6PS2/c1-31(2)41-26-24(19-39-43(38,44-22-13-7-5-8-14-22)45-23-15-9-6-10-16-23)40-30(27(26)42-31)36-21-33-25-28(32)35(20-34-29(25)36)17-11-3-4-12-18-37/h5-10,13-16,20-21,24,26-27,30,32,37H,3-4,11-12,17-19H2,1-2H3/t24-,26-,27-,30-/m1/s1. The van der Waals surface area contributed by atoms with Gasteiger partial charge in [0.2, 0.25) is 0 Å². The van der Waals surface area contributed by atoms with Gasteiger partial charge in [-0.25, -0.2) is 9.97 Å². The average molecular weight is 672 g/mol. The molecular formula is C31H38N5O6PS2. The van der Waals surface area contributed by atoms with Crippen molar-refractivity contribution in [2.45, 2.75) is 86.2 Å². The Balaban J connectivity index is 1.22. The number of nitrogens with one attached hydrogen (secondary N) is 1. The third-order valence-electron chi connectivity index (χ3n) is 7.62. The molecule has 4 atom stereocenters. The van der Waals surface area contributed by atoms with Crippen molar-refractivity contribution in [3.05, 3.63) is 78.8 Å². The number of benzene rings is 2. The molecule has 14 heteroatoms. The number of imidazole rings is 1. The van der Waals surface area contributed by atoms with Gasteiger partial charge in [0.25, 0.3) is 0 Å². The zero-order valence-electron chi connectivity index (χ0n) is 25.2. The molecule has 2 aliphatic heterocycles. The average Bonchev–Trinajstić information content (AvgIpc) is 3.69. The summed E-state index contributed by atoms with van der Waals surface area (Å²) >= 11 is 2.43. The van der Waals surface area contributed by atoms with Gasteiger partial charge < -0.3 is 28.4 Å². The van der Waals surface area contributed by atoms with Crippen molar-refractivity contribution < 1.29 is 28.4 Å². The zero-order chi connectivity index (χ0) is 31.4. The molecule has 4 heterocycles. The number of aryl methyl sites for hydroxylation is 1. The number of hydrogen-bond acceptors (Lipinski definition) is 11. The summed E-state index contributed by atoms with van der Waals surface area (Å²) in [5, 5.41) is 17.8. The van der Waals surface area contributed by atoms with Crippen LogP contribution < -0.4 is 5.49 Å². The number of rotatable bonds is 14. The molecule has 0 bridgehead atoms. The summed E-state index contributed by atoms with van der Waals surface area (Å²) in [4.78, 5) is 10.9. The van der Waals surface area contributed by atoms with Crippen molar-refractivity contribution >= 4 is 39.7 Å². The van der Waals surface area contributed by atoms with Gasteiger partial charge in [-0.15, -0.1) is 0 Å². The molecule has 4 aromatic rings. The molecule has 240 valence electrons. The summed E-state index contributed by atoms with van der Waals surface area (Å²) in [6, 6.07) is 19.1. The van der Waals surface area contributed by atoms with Crippen molar-refractivity contribution in [1.82, 2.24) is 19.1 Å². The maximum atomic E-state index is 14.3. The Morgan fingerprint density at radius 3 is 2.24 bits per heavy atom. The Kier molecular flexibility index (Phi) is 10.2. The van der Waals surface area contributed by atoms with E-state index in [4.69, 9.17) is 29.3 Å². The summed E-state index contributed by atoms with van der Waals surface area (Å²) in [7, 11) is 0. The number of aliphatic hydroxyl groups excluding tert-OH is 1. The summed E-state index contributed by atoms with van der Waals surface area (Å²) in [5.74, 6) is -4.21. The fourth-order valence-electron chi connectivity index (χ4n) is 5.55. The molecular weight excluding hydrogens is 633 g/mol. The number of fused-ring (bicyclic) bond motifs is 2. The number of unbranched alkanes of at least 4 members (excludes halogenated alkanes) is 3. The number of aromatic nitrogens is 4. The van der Waals surface area contributed by atoms with E-state index in [9.17, 15) is 4.57 Å². The van der Waals surface area contributed by atoms with Gasteiger partial charge in [-0.3, -0.25) is 14.5 Å². The first kappa shape index (κ1) is 32.5. The fraction of sp³-hybridized carbons (Fsp3) is 0.452. The Hall–Kier alpha value is -2.48. The molecule has 0 aliphatic carbocycles. The molecule has 2 saturated heterocycles. The van der Waals surface area contributed by atoms with Gasteiger partial charge in [-0.1, -0.05) is 49.2 Å². The second kappa shape index (κ2) is 14.1. The molecule has 45 heavy (non-hydrogen) atoms. The molecule has 2 N–H and O–H groups in total. The molecule has 2 aromatic carbocycles. The summed E-state index contributed by atoms with van der Waals surface area (Å²) in [5.41, 5.74) is 1.25. The molecule has 0 amide bonds. The smallest absolute Gasteiger partial charge is 0.322 e. The zero-order valence-corrected chi connectivity index (χ0v) is 27.8. The molecule has 6 rings (SSSR count). The molecule has 0 saturated carbocycles. The maximum absolute atomic E-state index is 14.3. The topological polar surface area (TPSA) is 134 Å². The molecule has 2 aromatic heterocycles. The number of hydrogen-bond donors (Lipinski definition) is 2. The van der Waals surface area contributed by atoms with Crippen LogP contribution in [-0.2, 0) is 29.8 Å². The summed E-state index contributed by atoms with van der Waals surface area (Å²) < 4.78 is 43.3. The lowest BCUT2D eigenvalue weighted by Crippen LogP contribution is -2.32. The van der Waals surface area contributed by atoms with Crippen molar-refractivity contribution in [3.8, 4) is 0 Å². The van der Waals surface area contributed by atoms with E-state index >= 15 is 0 Å². The van der Waals surface area contributed by atoms with E-state index in [-0.39, 0.29) is 18.7 Å². The van der Waals surface area contributed by atoms with Crippen LogP contribution >= 0.6 is 28.5 Å². The Morgan fingerprint density at radius 1 is 0.933 bits per heavy atom. The molecule has 2 aliphatic rings. The normalized spacial score (nSPS) is 22.6. The van der Waals surface area contributed by atoms with Crippen LogP contribution in [-0.4, -0.2) is 61.5 Å². The maximum Gasteiger partial charge on any atom is 0.322 e. The lowest BCUT2D eigenvalue weighted by molar-refractivity contribution is -0.198. The third kappa shape index (κ3) is 7.58. The van der Waals surface area contributed by atoms with E-state index in [1.165, 1.54) is 22.8 Å². The number of ether oxygens (including phenoxy) is 3. The fourth-order valence-corrected chi connectivity index (χ4v) is 12.0. The first-order valence-electron chi connectivity index (χ1n) is 15.1. The highest BCUT2D eigenvalue weighted by atomic mass is 33.1. The first-order valence-corrected chi connectivity index (χ1v) is 19.5. The molecule has 0 radical (unpaired) electrons. The van der Waals surface area contributed by atoms with Crippen LogP contribution in [0, 0.1) is 5.41 Å². The van der Waals surface area contributed by atoms with Crippen LogP contribution in [0.15, 0.2) is 83.1 Å². The number of aliphatic hydroxyl groups is 1. The largest absolute Gasteiger partial charge is 0.396 e. The predicted octanol–water partition coefficient (Wildman–Crippen LogP) is 6.39. The van der Waals surface area contributed by atoms with Gasteiger partial charge >= 0.3 is 5.77 Å². The monoisotopic (exact) mass is 671 g/mol.